The van der Waals surface area contributed by atoms with Crippen LogP contribution in [-0.2, 0) is 17.8 Å². The van der Waals surface area contributed by atoms with Crippen LogP contribution in [0.25, 0.3) is 0 Å². The minimum atomic E-state index is 0. The quantitative estimate of drug-likeness (QED) is 0.417. The van der Waals surface area contributed by atoms with Crippen molar-refractivity contribution >= 4 is 35.8 Å². The Labute approximate surface area is 162 Å². The number of hydrogen-bond acceptors (Lipinski definition) is 2. The fraction of sp³-hybridized carbons (Fsp3) is 0.556. The first-order valence-corrected chi connectivity index (χ1v) is 8.39. The molecule has 0 spiro atoms. The van der Waals surface area contributed by atoms with Crippen molar-refractivity contribution in [3.05, 3.63) is 35.4 Å². The lowest BCUT2D eigenvalue weighted by Gasteiger charge is -2.29. The highest BCUT2D eigenvalue weighted by Gasteiger charge is 2.20. The average Bonchev–Trinajstić information content (AvgIpc) is 2.56. The van der Waals surface area contributed by atoms with Crippen LogP contribution in [0.5, 0.6) is 0 Å². The number of carbonyl (C=O) groups is 1. The Kier molecular flexibility index (Phi) is 9.10. The number of aliphatic imine (C=N–C) groups is 1. The molecule has 2 N–H and O–H groups in total. The molecule has 0 radical (unpaired) electrons. The van der Waals surface area contributed by atoms with Gasteiger partial charge < -0.3 is 15.5 Å². The molecular formula is C18H29IN4O. The van der Waals surface area contributed by atoms with Crippen molar-refractivity contribution < 1.29 is 4.79 Å². The molecule has 1 aliphatic rings. The molecule has 1 aliphatic heterocycles. The molecule has 0 saturated carbocycles. The van der Waals surface area contributed by atoms with Gasteiger partial charge in [0.1, 0.15) is 0 Å². The van der Waals surface area contributed by atoms with Gasteiger partial charge >= 0.3 is 0 Å². The number of amides is 1. The number of halogens is 1. The lowest BCUT2D eigenvalue weighted by atomic mass is 10.00. The van der Waals surface area contributed by atoms with Gasteiger partial charge in [-0.05, 0) is 29.9 Å². The van der Waals surface area contributed by atoms with Crippen LogP contribution in [0.1, 0.15) is 31.4 Å². The van der Waals surface area contributed by atoms with Crippen LogP contribution < -0.4 is 10.6 Å². The third kappa shape index (κ3) is 6.30. The second-order valence-electron chi connectivity index (χ2n) is 6.37. The van der Waals surface area contributed by atoms with Gasteiger partial charge in [-0.25, -0.2) is 0 Å². The Hall–Kier alpha value is -1.31. The summed E-state index contributed by atoms with van der Waals surface area (Å²) in [6.45, 7) is 7.02. The molecule has 0 bridgehead atoms. The number of nitrogens with one attached hydrogen (secondary N) is 2. The number of hydrogen-bond donors (Lipinski definition) is 2. The van der Waals surface area contributed by atoms with Crippen LogP contribution in [0.4, 0.5) is 0 Å². The van der Waals surface area contributed by atoms with Gasteiger partial charge in [-0.2, -0.15) is 0 Å². The lowest BCUT2D eigenvalue weighted by molar-refractivity contribution is -0.130. The highest BCUT2D eigenvalue weighted by molar-refractivity contribution is 14.0. The van der Waals surface area contributed by atoms with E-state index in [0.717, 1.165) is 25.9 Å². The van der Waals surface area contributed by atoms with Gasteiger partial charge in [0.15, 0.2) is 5.96 Å². The van der Waals surface area contributed by atoms with E-state index < -0.39 is 0 Å². The Morgan fingerprint density at radius 1 is 1.25 bits per heavy atom. The number of nitrogens with zero attached hydrogens (tertiary/aromatic N) is 2. The molecule has 0 saturated heterocycles. The van der Waals surface area contributed by atoms with Crippen LogP contribution in [0.3, 0.4) is 0 Å². The number of rotatable bonds is 5. The molecule has 0 aliphatic carbocycles. The molecule has 134 valence electrons. The molecule has 0 fully saturated rings. The topological polar surface area (TPSA) is 56.7 Å². The first kappa shape index (κ1) is 20.7. The molecule has 1 amide bonds. The monoisotopic (exact) mass is 444 g/mol. The van der Waals surface area contributed by atoms with Crippen molar-refractivity contribution in [2.75, 3.05) is 26.7 Å². The first-order valence-electron chi connectivity index (χ1n) is 8.39. The summed E-state index contributed by atoms with van der Waals surface area (Å²) < 4.78 is 0. The minimum absolute atomic E-state index is 0. The van der Waals surface area contributed by atoms with Crippen molar-refractivity contribution in [2.45, 2.75) is 33.2 Å². The summed E-state index contributed by atoms with van der Waals surface area (Å²) in [4.78, 5) is 18.5. The normalized spacial score (nSPS) is 14.0. The van der Waals surface area contributed by atoms with Crippen molar-refractivity contribution in [3.8, 4) is 0 Å². The van der Waals surface area contributed by atoms with E-state index in [0.29, 0.717) is 18.4 Å². The average molecular weight is 444 g/mol. The lowest BCUT2D eigenvalue weighted by Crippen LogP contribution is -2.46. The minimum Gasteiger partial charge on any atom is -0.356 e. The molecule has 0 atom stereocenters. The van der Waals surface area contributed by atoms with Crippen LogP contribution >= 0.6 is 24.0 Å². The van der Waals surface area contributed by atoms with Crippen LogP contribution in [-0.4, -0.2) is 43.4 Å². The van der Waals surface area contributed by atoms with Crippen LogP contribution in [0.2, 0.25) is 0 Å². The summed E-state index contributed by atoms with van der Waals surface area (Å²) in [6.07, 6.45) is 2.01. The summed E-state index contributed by atoms with van der Waals surface area (Å²) in [5, 5.41) is 6.35. The molecule has 2 rings (SSSR count). The van der Waals surface area contributed by atoms with E-state index in [2.05, 4.69) is 47.7 Å². The smallest absolute Gasteiger partial charge is 0.242 e. The summed E-state index contributed by atoms with van der Waals surface area (Å²) in [5.41, 5.74) is 2.61. The maximum atomic E-state index is 12.4. The molecule has 0 aromatic heterocycles. The second-order valence-corrected chi connectivity index (χ2v) is 6.37. The standard InChI is InChI=1S/C18H28N4O.HI/c1-14(2)8-10-20-18(19-3)21-12-17(23)22-11-9-15-6-4-5-7-16(15)13-22;/h4-7,14H,8-13H2,1-3H3,(H2,19,20,21);1H. The fourth-order valence-electron chi connectivity index (χ4n) is 2.68. The molecule has 0 unspecified atom stereocenters. The number of benzene rings is 1. The zero-order valence-corrected chi connectivity index (χ0v) is 17.2. The largest absolute Gasteiger partial charge is 0.356 e. The number of guanidine groups is 1. The molecule has 1 aromatic rings. The number of carbonyl (C=O) groups excluding carboxylic acids is 1. The molecule has 24 heavy (non-hydrogen) atoms. The Balaban J connectivity index is 0.00000288. The maximum Gasteiger partial charge on any atom is 0.242 e. The first-order chi connectivity index (χ1) is 11.1. The summed E-state index contributed by atoms with van der Waals surface area (Å²) >= 11 is 0. The van der Waals surface area contributed by atoms with Gasteiger partial charge in [0.05, 0.1) is 6.54 Å². The van der Waals surface area contributed by atoms with Gasteiger partial charge in [0.2, 0.25) is 5.91 Å². The third-order valence-electron chi connectivity index (χ3n) is 4.13. The second kappa shape index (κ2) is 10.5. The van der Waals surface area contributed by atoms with E-state index in [1.807, 2.05) is 11.0 Å². The Morgan fingerprint density at radius 2 is 1.96 bits per heavy atom. The molecule has 1 heterocycles. The zero-order chi connectivity index (χ0) is 16.7. The predicted octanol–water partition coefficient (Wildman–Crippen LogP) is 2.40. The van der Waals surface area contributed by atoms with E-state index in [4.69, 9.17) is 0 Å². The summed E-state index contributed by atoms with van der Waals surface area (Å²) in [6, 6.07) is 8.35. The SMILES string of the molecule is CN=C(NCCC(C)C)NCC(=O)N1CCc2ccccc2C1.I. The summed E-state index contributed by atoms with van der Waals surface area (Å²) in [7, 11) is 1.73. The van der Waals surface area contributed by atoms with E-state index in [1.165, 1.54) is 11.1 Å². The van der Waals surface area contributed by atoms with E-state index in [-0.39, 0.29) is 36.4 Å². The highest BCUT2D eigenvalue weighted by Crippen LogP contribution is 2.18. The Morgan fingerprint density at radius 3 is 2.62 bits per heavy atom. The van der Waals surface area contributed by atoms with Gasteiger partial charge in [-0.3, -0.25) is 9.79 Å². The predicted molar refractivity (Wildman–Crippen MR) is 110 cm³/mol. The van der Waals surface area contributed by atoms with Gasteiger partial charge in [-0.1, -0.05) is 38.1 Å². The van der Waals surface area contributed by atoms with E-state index >= 15 is 0 Å². The maximum absolute atomic E-state index is 12.4. The van der Waals surface area contributed by atoms with Crippen LogP contribution in [0.15, 0.2) is 29.3 Å². The third-order valence-corrected chi connectivity index (χ3v) is 4.13. The Bertz CT molecular complexity index is 560. The van der Waals surface area contributed by atoms with E-state index in [1.54, 1.807) is 7.05 Å². The molecule has 1 aromatic carbocycles. The zero-order valence-electron chi connectivity index (χ0n) is 14.8. The van der Waals surface area contributed by atoms with Crippen molar-refractivity contribution in [1.29, 1.82) is 0 Å². The van der Waals surface area contributed by atoms with E-state index in [9.17, 15) is 4.79 Å². The van der Waals surface area contributed by atoms with Crippen molar-refractivity contribution in [1.82, 2.24) is 15.5 Å². The molecule has 6 heteroatoms. The van der Waals surface area contributed by atoms with Gasteiger partial charge in [0.25, 0.3) is 0 Å². The van der Waals surface area contributed by atoms with Gasteiger partial charge in [0, 0.05) is 26.7 Å². The summed E-state index contributed by atoms with van der Waals surface area (Å²) in [5.74, 6) is 1.46. The van der Waals surface area contributed by atoms with Gasteiger partial charge in [-0.15, -0.1) is 24.0 Å². The fourth-order valence-corrected chi connectivity index (χ4v) is 2.68. The van der Waals surface area contributed by atoms with Crippen LogP contribution in [0, 0.1) is 5.92 Å². The van der Waals surface area contributed by atoms with Crippen molar-refractivity contribution in [2.24, 2.45) is 10.9 Å². The highest BCUT2D eigenvalue weighted by atomic mass is 127. The van der Waals surface area contributed by atoms with Crippen molar-refractivity contribution in [3.63, 3.8) is 0 Å². The molecule has 5 nitrogen and oxygen atoms in total. The number of fused-ring (bicyclic) bond motifs is 1. The molecular weight excluding hydrogens is 415 g/mol.